The summed E-state index contributed by atoms with van der Waals surface area (Å²) in [5.74, 6) is -0.160. The van der Waals surface area contributed by atoms with E-state index in [0.29, 0.717) is 6.42 Å². The van der Waals surface area contributed by atoms with Gasteiger partial charge in [-0.3, -0.25) is 9.59 Å². The lowest BCUT2D eigenvalue weighted by atomic mass is 9.92. The molecule has 0 radical (unpaired) electrons. The van der Waals surface area contributed by atoms with Crippen LogP contribution in [0.3, 0.4) is 0 Å². The molecule has 1 aliphatic rings. The van der Waals surface area contributed by atoms with Crippen LogP contribution in [0.4, 0.5) is 0 Å². The standard InChI is InChI=1S/C13H25N3O2/c1-13(2,3)8-11(17)15-9-12(18)16-10-4-6-14-7-5-10/h10,14H,4-9H2,1-3H3,(H,15,17)(H,16,18). The fourth-order valence-electron chi connectivity index (χ4n) is 1.97. The van der Waals surface area contributed by atoms with Crippen LogP contribution in [0.1, 0.15) is 40.0 Å². The van der Waals surface area contributed by atoms with Gasteiger partial charge in [-0.15, -0.1) is 0 Å². The van der Waals surface area contributed by atoms with E-state index in [0.717, 1.165) is 25.9 Å². The predicted molar refractivity (Wildman–Crippen MR) is 71.1 cm³/mol. The minimum Gasteiger partial charge on any atom is -0.352 e. The summed E-state index contributed by atoms with van der Waals surface area (Å²) in [6.45, 7) is 7.98. The number of piperidine rings is 1. The van der Waals surface area contributed by atoms with Gasteiger partial charge < -0.3 is 16.0 Å². The third-order valence-corrected chi connectivity index (χ3v) is 2.84. The van der Waals surface area contributed by atoms with Crippen molar-refractivity contribution in [1.29, 1.82) is 0 Å². The van der Waals surface area contributed by atoms with Crippen LogP contribution >= 0.6 is 0 Å². The van der Waals surface area contributed by atoms with Crippen LogP contribution in [-0.4, -0.2) is 37.5 Å². The first-order chi connectivity index (χ1) is 8.37. The van der Waals surface area contributed by atoms with E-state index in [-0.39, 0.29) is 29.8 Å². The van der Waals surface area contributed by atoms with Gasteiger partial charge >= 0.3 is 0 Å². The Hall–Kier alpha value is -1.10. The third-order valence-electron chi connectivity index (χ3n) is 2.84. The predicted octanol–water partition coefficient (Wildman–Crippen LogP) is 0.407. The summed E-state index contributed by atoms with van der Waals surface area (Å²) in [6, 6.07) is 0.248. The second-order valence-corrected chi connectivity index (χ2v) is 6.11. The van der Waals surface area contributed by atoms with Gasteiger partial charge in [0.05, 0.1) is 6.54 Å². The molecule has 5 nitrogen and oxygen atoms in total. The van der Waals surface area contributed by atoms with Gasteiger partial charge in [-0.25, -0.2) is 0 Å². The first kappa shape index (κ1) is 15.0. The van der Waals surface area contributed by atoms with Crippen molar-refractivity contribution in [2.24, 2.45) is 5.41 Å². The SMILES string of the molecule is CC(C)(C)CC(=O)NCC(=O)NC1CCNCC1. The summed E-state index contributed by atoms with van der Waals surface area (Å²) in [4.78, 5) is 23.2. The Labute approximate surface area is 109 Å². The molecule has 104 valence electrons. The maximum absolute atomic E-state index is 11.6. The molecule has 0 aromatic carbocycles. The molecule has 0 aromatic rings. The van der Waals surface area contributed by atoms with E-state index in [4.69, 9.17) is 0 Å². The van der Waals surface area contributed by atoms with E-state index in [1.807, 2.05) is 20.8 Å². The van der Waals surface area contributed by atoms with Gasteiger partial charge in [-0.05, 0) is 31.3 Å². The first-order valence-corrected chi connectivity index (χ1v) is 6.63. The highest BCUT2D eigenvalue weighted by molar-refractivity contribution is 5.85. The third kappa shape index (κ3) is 6.59. The molecule has 0 atom stereocenters. The molecule has 1 heterocycles. The van der Waals surface area contributed by atoms with Gasteiger partial charge in [0.25, 0.3) is 0 Å². The van der Waals surface area contributed by atoms with Crippen molar-refractivity contribution in [2.75, 3.05) is 19.6 Å². The van der Waals surface area contributed by atoms with Crippen LogP contribution in [0.5, 0.6) is 0 Å². The Balaban J connectivity index is 2.18. The maximum Gasteiger partial charge on any atom is 0.239 e. The van der Waals surface area contributed by atoms with Gasteiger partial charge in [0.1, 0.15) is 0 Å². The lowest BCUT2D eigenvalue weighted by Crippen LogP contribution is -2.46. The molecule has 0 aliphatic carbocycles. The number of rotatable bonds is 4. The second-order valence-electron chi connectivity index (χ2n) is 6.11. The van der Waals surface area contributed by atoms with Crippen molar-refractivity contribution in [2.45, 2.75) is 46.1 Å². The van der Waals surface area contributed by atoms with Crippen molar-refractivity contribution in [3.05, 3.63) is 0 Å². The quantitative estimate of drug-likeness (QED) is 0.681. The number of carbonyl (C=O) groups excluding carboxylic acids is 2. The fourth-order valence-corrected chi connectivity index (χ4v) is 1.97. The topological polar surface area (TPSA) is 70.2 Å². The fraction of sp³-hybridized carbons (Fsp3) is 0.846. The molecule has 0 aromatic heterocycles. The van der Waals surface area contributed by atoms with E-state index >= 15 is 0 Å². The van der Waals surface area contributed by atoms with E-state index in [1.165, 1.54) is 0 Å². The summed E-state index contributed by atoms with van der Waals surface area (Å²) in [5.41, 5.74) is -0.0460. The number of hydrogen-bond acceptors (Lipinski definition) is 3. The smallest absolute Gasteiger partial charge is 0.239 e. The lowest BCUT2D eigenvalue weighted by molar-refractivity contribution is -0.127. The largest absolute Gasteiger partial charge is 0.352 e. The molecule has 0 bridgehead atoms. The molecule has 1 saturated heterocycles. The molecule has 1 rings (SSSR count). The summed E-state index contributed by atoms with van der Waals surface area (Å²) in [5, 5.41) is 8.85. The van der Waals surface area contributed by atoms with Gasteiger partial charge in [0.15, 0.2) is 0 Å². The van der Waals surface area contributed by atoms with Gasteiger partial charge in [0, 0.05) is 12.5 Å². The molecule has 2 amide bonds. The van der Waals surface area contributed by atoms with Gasteiger partial charge in [-0.1, -0.05) is 20.8 Å². The molecule has 1 fully saturated rings. The molecule has 0 spiro atoms. The zero-order valence-corrected chi connectivity index (χ0v) is 11.6. The Kier molecular flexibility index (Phi) is 5.59. The minimum atomic E-state index is -0.0934. The van der Waals surface area contributed by atoms with Crippen molar-refractivity contribution < 1.29 is 9.59 Å². The van der Waals surface area contributed by atoms with Crippen LogP contribution in [0.2, 0.25) is 0 Å². The van der Waals surface area contributed by atoms with Gasteiger partial charge in [-0.2, -0.15) is 0 Å². The Bertz CT molecular complexity index is 291. The summed E-state index contributed by atoms with van der Waals surface area (Å²) >= 11 is 0. The molecule has 0 saturated carbocycles. The normalized spacial score (nSPS) is 17.3. The Morgan fingerprint density at radius 3 is 2.33 bits per heavy atom. The highest BCUT2D eigenvalue weighted by Gasteiger charge is 2.18. The minimum absolute atomic E-state index is 0.0460. The van der Waals surface area contributed by atoms with E-state index in [9.17, 15) is 9.59 Å². The molecule has 0 unspecified atom stereocenters. The van der Waals surface area contributed by atoms with Crippen LogP contribution in [0.15, 0.2) is 0 Å². The summed E-state index contributed by atoms with van der Waals surface area (Å²) in [6.07, 6.45) is 2.36. The Morgan fingerprint density at radius 2 is 1.78 bits per heavy atom. The molecular formula is C13H25N3O2. The molecule has 3 N–H and O–H groups in total. The molecule has 1 aliphatic heterocycles. The van der Waals surface area contributed by atoms with Crippen LogP contribution in [0.25, 0.3) is 0 Å². The summed E-state index contributed by atoms with van der Waals surface area (Å²) < 4.78 is 0. The van der Waals surface area contributed by atoms with Crippen LogP contribution in [-0.2, 0) is 9.59 Å². The van der Waals surface area contributed by atoms with Crippen molar-refractivity contribution in [1.82, 2.24) is 16.0 Å². The summed E-state index contributed by atoms with van der Waals surface area (Å²) in [7, 11) is 0. The highest BCUT2D eigenvalue weighted by Crippen LogP contribution is 2.17. The second kappa shape index (κ2) is 6.73. The molecule has 18 heavy (non-hydrogen) atoms. The average Bonchev–Trinajstić information content (AvgIpc) is 2.25. The zero-order chi connectivity index (χ0) is 13.6. The number of hydrogen-bond donors (Lipinski definition) is 3. The van der Waals surface area contributed by atoms with Crippen LogP contribution < -0.4 is 16.0 Å². The van der Waals surface area contributed by atoms with Gasteiger partial charge in [0.2, 0.25) is 11.8 Å². The zero-order valence-electron chi connectivity index (χ0n) is 11.6. The lowest BCUT2D eigenvalue weighted by Gasteiger charge is -2.24. The van der Waals surface area contributed by atoms with E-state index in [2.05, 4.69) is 16.0 Å². The monoisotopic (exact) mass is 255 g/mol. The maximum atomic E-state index is 11.6. The first-order valence-electron chi connectivity index (χ1n) is 6.63. The highest BCUT2D eigenvalue weighted by atomic mass is 16.2. The average molecular weight is 255 g/mol. The number of nitrogens with one attached hydrogen (secondary N) is 3. The van der Waals surface area contributed by atoms with Crippen molar-refractivity contribution in [3.8, 4) is 0 Å². The van der Waals surface area contributed by atoms with Crippen molar-refractivity contribution >= 4 is 11.8 Å². The number of amides is 2. The Morgan fingerprint density at radius 1 is 1.17 bits per heavy atom. The van der Waals surface area contributed by atoms with Crippen LogP contribution in [0, 0.1) is 5.41 Å². The van der Waals surface area contributed by atoms with E-state index < -0.39 is 0 Å². The number of carbonyl (C=O) groups is 2. The van der Waals surface area contributed by atoms with E-state index in [1.54, 1.807) is 0 Å². The molecular weight excluding hydrogens is 230 g/mol. The molecule has 5 heteroatoms. The van der Waals surface area contributed by atoms with Crippen molar-refractivity contribution in [3.63, 3.8) is 0 Å².